The van der Waals surface area contributed by atoms with Crippen LogP contribution in [0.25, 0.3) is 0 Å². The monoisotopic (exact) mass is 206 g/mol. The van der Waals surface area contributed by atoms with Crippen LogP contribution in [0.15, 0.2) is 36.1 Å². The van der Waals surface area contributed by atoms with Crippen LogP contribution in [-0.4, -0.2) is 0 Å². The molecule has 0 radical (unpaired) electrons. The van der Waals surface area contributed by atoms with Gasteiger partial charge in [-0.3, -0.25) is 0 Å². The molecular formula is C14H22O. The summed E-state index contributed by atoms with van der Waals surface area (Å²) in [6, 6.07) is 0. The quantitative estimate of drug-likeness (QED) is 0.461. The highest BCUT2D eigenvalue weighted by atomic mass is 16.5. The molecule has 0 aromatic heterocycles. The standard InChI is InChI=1S/C14H22O/c1-7-13(9-11(3)4)15-14(8-2)10-12(5)6/h11-12H,1-2,9-10H2,3-6H3. The van der Waals surface area contributed by atoms with Crippen molar-refractivity contribution in [2.45, 2.75) is 40.5 Å². The minimum atomic E-state index is 0.541. The van der Waals surface area contributed by atoms with Gasteiger partial charge in [0.25, 0.3) is 0 Å². The molecule has 0 unspecified atom stereocenters. The molecule has 0 aliphatic carbocycles. The first-order chi connectivity index (χ1) is 6.99. The summed E-state index contributed by atoms with van der Waals surface area (Å²) in [5.74, 6) is 2.66. The highest BCUT2D eigenvalue weighted by Crippen LogP contribution is 2.18. The summed E-state index contributed by atoms with van der Waals surface area (Å²) in [6.07, 6.45) is 1.71. The smallest absolute Gasteiger partial charge is 0.146 e. The molecule has 0 rings (SSSR count). The number of hydrogen-bond acceptors (Lipinski definition) is 1. The first-order valence-electron chi connectivity index (χ1n) is 5.45. The molecule has 0 spiro atoms. The zero-order valence-corrected chi connectivity index (χ0v) is 10.4. The van der Waals surface area contributed by atoms with Crippen LogP contribution in [0.5, 0.6) is 0 Å². The average molecular weight is 206 g/mol. The van der Waals surface area contributed by atoms with E-state index in [4.69, 9.17) is 4.74 Å². The molecule has 84 valence electrons. The van der Waals surface area contributed by atoms with Gasteiger partial charge >= 0.3 is 0 Å². The van der Waals surface area contributed by atoms with E-state index in [1.54, 1.807) is 0 Å². The summed E-state index contributed by atoms with van der Waals surface area (Å²) >= 11 is 0. The summed E-state index contributed by atoms with van der Waals surface area (Å²) in [7, 11) is 0. The van der Waals surface area contributed by atoms with Crippen molar-refractivity contribution in [1.82, 2.24) is 0 Å². The van der Waals surface area contributed by atoms with Crippen molar-refractivity contribution in [2.24, 2.45) is 11.8 Å². The van der Waals surface area contributed by atoms with E-state index in [-0.39, 0.29) is 0 Å². The number of ether oxygens (including phenoxy) is 1. The Morgan fingerprint density at radius 1 is 0.933 bits per heavy atom. The maximum Gasteiger partial charge on any atom is 0.146 e. The molecule has 1 heteroatoms. The van der Waals surface area contributed by atoms with Crippen LogP contribution in [0.4, 0.5) is 0 Å². The normalized spacial score (nSPS) is 9.73. The summed E-state index contributed by atoms with van der Waals surface area (Å²) in [4.78, 5) is 0. The van der Waals surface area contributed by atoms with E-state index in [0.29, 0.717) is 11.8 Å². The summed E-state index contributed by atoms with van der Waals surface area (Å²) < 4.78 is 5.66. The third-order valence-electron chi connectivity index (χ3n) is 1.83. The Balaban J connectivity index is 4.41. The third kappa shape index (κ3) is 6.85. The Hall–Kier alpha value is -1.16. The lowest BCUT2D eigenvalue weighted by atomic mass is 10.1. The van der Waals surface area contributed by atoms with Crippen LogP contribution in [-0.2, 0) is 4.74 Å². The molecule has 0 aromatic carbocycles. The molecule has 15 heavy (non-hydrogen) atoms. The van der Waals surface area contributed by atoms with E-state index in [2.05, 4.69) is 52.3 Å². The molecular weight excluding hydrogens is 184 g/mol. The maximum absolute atomic E-state index is 5.66. The Bertz CT molecular complexity index is 254. The Kier molecular flexibility index (Phi) is 6.62. The maximum atomic E-state index is 5.66. The van der Waals surface area contributed by atoms with Gasteiger partial charge in [0, 0.05) is 12.8 Å². The fourth-order valence-corrected chi connectivity index (χ4v) is 1.19. The molecule has 0 saturated heterocycles. The van der Waals surface area contributed by atoms with Gasteiger partial charge in [-0.2, -0.15) is 0 Å². The second-order valence-electron chi connectivity index (χ2n) is 4.50. The van der Waals surface area contributed by atoms with E-state index in [9.17, 15) is 0 Å². The molecule has 0 atom stereocenters. The van der Waals surface area contributed by atoms with Crippen molar-refractivity contribution in [3.63, 3.8) is 0 Å². The average Bonchev–Trinajstić information content (AvgIpc) is 2.14. The van der Waals surface area contributed by atoms with Gasteiger partial charge in [0.15, 0.2) is 0 Å². The Morgan fingerprint density at radius 2 is 1.27 bits per heavy atom. The van der Waals surface area contributed by atoms with Gasteiger partial charge in [-0.15, -0.1) is 0 Å². The topological polar surface area (TPSA) is 9.23 Å². The molecule has 0 amide bonds. The van der Waals surface area contributed by atoms with Gasteiger partial charge in [0.1, 0.15) is 11.5 Å². The third-order valence-corrected chi connectivity index (χ3v) is 1.83. The Labute approximate surface area is 93.8 Å². The van der Waals surface area contributed by atoms with Gasteiger partial charge in [0.2, 0.25) is 0 Å². The zero-order valence-electron chi connectivity index (χ0n) is 10.4. The summed E-state index contributed by atoms with van der Waals surface area (Å²) in [6.45, 7) is 15.8. The van der Waals surface area contributed by atoms with E-state index in [0.717, 1.165) is 24.4 Å². The van der Waals surface area contributed by atoms with Crippen LogP contribution in [0.3, 0.4) is 0 Å². The fourth-order valence-electron chi connectivity index (χ4n) is 1.19. The van der Waals surface area contributed by atoms with Crippen LogP contribution in [0, 0.1) is 11.8 Å². The lowest BCUT2D eigenvalue weighted by Crippen LogP contribution is -1.99. The molecule has 0 bridgehead atoms. The van der Waals surface area contributed by atoms with E-state index < -0.39 is 0 Å². The van der Waals surface area contributed by atoms with Gasteiger partial charge < -0.3 is 4.74 Å². The highest BCUT2D eigenvalue weighted by molar-refractivity contribution is 5.00. The van der Waals surface area contributed by atoms with Crippen LogP contribution >= 0.6 is 0 Å². The van der Waals surface area contributed by atoms with E-state index in [1.807, 2.05) is 0 Å². The summed E-state index contributed by atoms with van der Waals surface area (Å²) in [5, 5.41) is 0. The first kappa shape index (κ1) is 13.8. The molecule has 0 heterocycles. The van der Waals surface area contributed by atoms with Crippen molar-refractivity contribution in [3.05, 3.63) is 36.1 Å². The number of allylic oxidation sites excluding steroid dienone is 2. The highest BCUT2D eigenvalue weighted by Gasteiger charge is 2.07. The minimum absolute atomic E-state index is 0.541. The number of hydrogen-bond donors (Lipinski definition) is 0. The van der Waals surface area contributed by atoms with E-state index >= 15 is 0 Å². The molecule has 0 aromatic rings. The van der Waals surface area contributed by atoms with Gasteiger partial charge in [-0.05, 0) is 11.8 Å². The Morgan fingerprint density at radius 3 is 1.47 bits per heavy atom. The largest absolute Gasteiger partial charge is 0.450 e. The van der Waals surface area contributed by atoms with Gasteiger partial charge in [-0.25, -0.2) is 0 Å². The number of rotatable bonds is 6. The van der Waals surface area contributed by atoms with Gasteiger partial charge in [0.05, 0.1) is 0 Å². The molecule has 0 aliphatic heterocycles. The van der Waals surface area contributed by atoms with Crippen molar-refractivity contribution < 1.29 is 4.74 Å². The SMILES string of the molecule is C=C=C(CC(C)C)OC(=C=C)CC(C)C. The lowest BCUT2D eigenvalue weighted by molar-refractivity contribution is 0.258. The molecule has 0 N–H and O–H groups in total. The van der Waals surface area contributed by atoms with Crippen LogP contribution in [0.1, 0.15) is 40.5 Å². The van der Waals surface area contributed by atoms with Crippen molar-refractivity contribution >= 4 is 0 Å². The van der Waals surface area contributed by atoms with Crippen molar-refractivity contribution in [1.29, 1.82) is 0 Å². The summed E-state index contributed by atoms with van der Waals surface area (Å²) in [5.41, 5.74) is 5.65. The van der Waals surface area contributed by atoms with E-state index in [1.165, 1.54) is 0 Å². The van der Waals surface area contributed by atoms with Gasteiger partial charge in [-0.1, -0.05) is 52.3 Å². The fraction of sp³-hybridized carbons (Fsp3) is 0.571. The second kappa shape index (κ2) is 7.17. The predicted molar refractivity (Wildman–Crippen MR) is 65.3 cm³/mol. The molecule has 0 saturated carbocycles. The molecule has 0 fully saturated rings. The molecule has 0 aliphatic rings. The van der Waals surface area contributed by atoms with Crippen molar-refractivity contribution in [2.75, 3.05) is 0 Å². The van der Waals surface area contributed by atoms with Crippen LogP contribution < -0.4 is 0 Å². The molecule has 1 nitrogen and oxygen atoms in total. The predicted octanol–water partition coefficient (Wildman–Crippen LogP) is 4.43. The second-order valence-corrected chi connectivity index (χ2v) is 4.50. The zero-order chi connectivity index (χ0) is 11.8. The van der Waals surface area contributed by atoms with Crippen LogP contribution in [0.2, 0.25) is 0 Å². The lowest BCUT2D eigenvalue weighted by Gasteiger charge is -2.12. The minimum Gasteiger partial charge on any atom is -0.450 e. The first-order valence-corrected chi connectivity index (χ1v) is 5.45. The van der Waals surface area contributed by atoms with Crippen molar-refractivity contribution in [3.8, 4) is 0 Å².